The number of hydrogen-bond acceptors (Lipinski definition) is 8. The van der Waals surface area contributed by atoms with Crippen molar-refractivity contribution in [1.82, 2.24) is 4.90 Å². The lowest BCUT2D eigenvalue weighted by molar-refractivity contribution is 0.0522. The molecule has 9 heteroatoms. The molecule has 0 aliphatic carbocycles. The minimum Gasteiger partial charge on any atom is -0.493 e. The van der Waals surface area contributed by atoms with Crippen molar-refractivity contribution in [3.8, 4) is 23.0 Å². The summed E-state index contributed by atoms with van der Waals surface area (Å²) in [5.74, 6) is 2.49. The second-order valence-electron chi connectivity index (χ2n) is 8.75. The number of aryl methyl sites for hydroxylation is 2. The molecule has 8 nitrogen and oxygen atoms in total. The summed E-state index contributed by atoms with van der Waals surface area (Å²) < 4.78 is 46.5. The summed E-state index contributed by atoms with van der Waals surface area (Å²) in [5.41, 5.74) is 3.01. The van der Waals surface area contributed by atoms with Gasteiger partial charge in [-0.05, 0) is 49.6 Å². The van der Waals surface area contributed by atoms with E-state index in [1.165, 1.54) is 0 Å². The van der Waals surface area contributed by atoms with E-state index in [-0.39, 0.29) is 30.7 Å². The first-order chi connectivity index (χ1) is 16.2. The first kappa shape index (κ1) is 26.1. The number of ether oxygens (including phenoxy) is 4. The molecular weight excluding hydrogens is 458 g/mol. The van der Waals surface area contributed by atoms with E-state index < -0.39 is 15.9 Å². The van der Waals surface area contributed by atoms with Gasteiger partial charge in [-0.25, -0.2) is 8.42 Å². The lowest BCUT2D eigenvalue weighted by Gasteiger charge is -2.30. The number of benzene rings is 2. The highest BCUT2D eigenvalue weighted by atomic mass is 32.2. The molecule has 2 unspecified atom stereocenters. The molecule has 0 radical (unpaired) electrons. The fourth-order valence-corrected chi connectivity index (χ4v) is 6.10. The van der Waals surface area contributed by atoms with Crippen LogP contribution in [0.25, 0.3) is 0 Å². The number of rotatable bonds is 11. The molecule has 34 heavy (non-hydrogen) atoms. The van der Waals surface area contributed by atoms with Gasteiger partial charge in [0.1, 0.15) is 18.5 Å². The van der Waals surface area contributed by atoms with Crippen molar-refractivity contribution >= 4 is 9.84 Å². The van der Waals surface area contributed by atoms with Gasteiger partial charge in [0.25, 0.3) is 0 Å². The molecule has 0 spiro atoms. The Morgan fingerprint density at radius 2 is 1.71 bits per heavy atom. The molecule has 2 atom stereocenters. The highest BCUT2D eigenvalue weighted by Crippen LogP contribution is 2.38. The van der Waals surface area contributed by atoms with Gasteiger partial charge in [0.05, 0.1) is 32.8 Å². The van der Waals surface area contributed by atoms with Crippen LogP contribution in [0, 0.1) is 13.8 Å². The van der Waals surface area contributed by atoms with Gasteiger partial charge in [-0.2, -0.15) is 0 Å². The molecule has 2 aromatic carbocycles. The summed E-state index contributed by atoms with van der Waals surface area (Å²) in [5, 5.41) is 10.8. The molecule has 0 saturated carbocycles. The maximum absolute atomic E-state index is 12.2. The van der Waals surface area contributed by atoms with Crippen LogP contribution in [0.3, 0.4) is 0 Å². The van der Waals surface area contributed by atoms with Gasteiger partial charge in [0, 0.05) is 19.1 Å². The van der Waals surface area contributed by atoms with E-state index in [0.717, 1.165) is 22.4 Å². The van der Waals surface area contributed by atoms with E-state index >= 15 is 0 Å². The molecule has 0 bridgehead atoms. The summed E-state index contributed by atoms with van der Waals surface area (Å²) in [6.45, 7) is 4.77. The molecule has 3 rings (SSSR count). The van der Waals surface area contributed by atoms with Crippen LogP contribution in [0.5, 0.6) is 23.0 Å². The van der Waals surface area contributed by atoms with E-state index in [1.807, 2.05) is 49.1 Å². The molecule has 0 amide bonds. The molecule has 188 valence electrons. The Bertz CT molecular complexity index is 1060. The van der Waals surface area contributed by atoms with Crippen LogP contribution in [-0.4, -0.2) is 76.6 Å². The van der Waals surface area contributed by atoms with Crippen LogP contribution in [0.1, 0.15) is 23.1 Å². The second-order valence-corrected chi connectivity index (χ2v) is 11.0. The average Bonchev–Trinajstić information content (AvgIpc) is 3.16. The van der Waals surface area contributed by atoms with Crippen molar-refractivity contribution in [2.45, 2.75) is 39.0 Å². The van der Waals surface area contributed by atoms with Crippen LogP contribution < -0.4 is 18.9 Å². The van der Waals surface area contributed by atoms with Gasteiger partial charge >= 0.3 is 0 Å². The lowest BCUT2D eigenvalue weighted by Crippen LogP contribution is -2.42. The van der Waals surface area contributed by atoms with E-state index in [1.54, 1.807) is 21.3 Å². The Hall–Kier alpha value is -2.49. The molecular formula is C25H35NO7S. The van der Waals surface area contributed by atoms with Crippen molar-refractivity contribution in [3.05, 3.63) is 47.0 Å². The van der Waals surface area contributed by atoms with Crippen LogP contribution >= 0.6 is 0 Å². The fraction of sp³-hybridized carbons (Fsp3) is 0.520. The highest BCUT2D eigenvalue weighted by Gasteiger charge is 2.33. The van der Waals surface area contributed by atoms with Gasteiger partial charge in [-0.15, -0.1) is 0 Å². The lowest BCUT2D eigenvalue weighted by atomic mass is 10.1. The number of sulfone groups is 1. The predicted molar refractivity (Wildman–Crippen MR) is 131 cm³/mol. The standard InChI is InChI=1S/C25H35NO7S/c1-17-6-7-22(18(2)10-17)33-15-21(27)14-26(20-8-9-34(28,29)16-20)13-19-11-23(30-3)25(32-5)24(12-19)31-4/h6-7,10-12,20-21,27H,8-9,13-16H2,1-5H3. The molecule has 0 aromatic heterocycles. The molecule has 1 saturated heterocycles. The van der Waals surface area contributed by atoms with Gasteiger partial charge in [0.2, 0.25) is 5.75 Å². The monoisotopic (exact) mass is 493 g/mol. The summed E-state index contributed by atoms with van der Waals surface area (Å²) in [6, 6.07) is 9.39. The normalized spacial score (nSPS) is 18.0. The first-order valence-corrected chi connectivity index (χ1v) is 13.1. The SMILES string of the molecule is COc1cc(CN(CC(O)COc2ccc(C)cc2C)C2CCS(=O)(=O)C2)cc(OC)c1OC. The zero-order chi connectivity index (χ0) is 24.9. The van der Waals surface area contributed by atoms with Crippen molar-refractivity contribution in [2.24, 2.45) is 0 Å². The number of nitrogens with zero attached hydrogens (tertiary/aromatic N) is 1. The third-order valence-corrected chi connectivity index (χ3v) is 7.79. The molecule has 1 heterocycles. The zero-order valence-electron chi connectivity index (χ0n) is 20.5. The summed E-state index contributed by atoms with van der Waals surface area (Å²) in [7, 11) is 1.55. The number of methoxy groups -OCH3 is 3. The number of aliphatic hydroxyl groups is 1. The molecule has 1 fully saturated rings. The predicted octanol–water partition coefficient (Wildman–Crippen LogP) is 2.76. The Kier molecular flexibility index (Phi) is 8.67. The minimum atomic E-state index is -3.09. The molecule has 2 aromatic rings. The van der Waals surface area contributed by atoms with Crippen molar-refractivity contribution in [1.29, 1.82) is 0 Å². The zero-order valence-corrected chi connectivity index (χ0v) is 21.4. The number of aliphatic hydroxyl groups excluding tert-OH is 1. The Morgan fingerprint density at radius 3 is 2.24 bits per heavy atom. The van der Waals surface area contributed by atoms with Gasteiger partial charge in [0.15, 0.2) is 21.3 Å². The second kappa shape index (κ2) is 11.3. The Labute approximate surface area is 202 Å². The van der Waals surface area contributed by atoms with E-state index in [2.05, 4.69) is 0 Å². The third kappa shape index (κ3) is 6.55. The molecule has 1 aliphatic heterocycles. The van der Waals surface area contributed by atoms with E-state index in [4.69, 9.17) is 18.9 Å². The van der Waals surface area contributed by atoms with E-state index in [0.29, 0.717) is 30.2 Å². The van der Waals surface area contributed by atoms with Gasteiger partial charge in [-0.1, -0.05) is 17.7 Å². The largest absolute Gasteiger partial charge is 0.493 e. The van der Waals surface area contributed by atoms with Crippen LogP contribution in [-0.2, 0) is 16.4 Å². The van der Waals surface area contributed by atoms with Crippen molar-refractivity contribution < 1.29 is 32.5 Å². The maximum Gasteiger partial charge on any atom is 0.203 e. The summed E-state index contributed by atoms with van der Waals surface area (Å²) in [6.07, 6.45) is -0.275. The summed E-state index contributed by atoms with van der Waals surface area (Å²) in [4.78, 5) is 2.00. The first-order valence-electron chi connectivity index (χ1n) is 11.3. The Morgan fingerprint density at radius 1 is 1.03 bits per heavy atom. The molecule has 1 N–H and O–H groups in total. The van der Waals surface area contributed by atoms with Gasteiger partial charge < -0.3 is 24.1 Å². The number of hydrogen-bond donors (Lipinski definition) is 1. The Balaban J connectivity index is 1.77. The quantitative estimate of drug-likeness (QED) is 0.511. The van der Waals surface area contributed by atoms with Crippen LogP contribution in [0.4, 0.5) is 0 Å². The van der Waals surface area contributed by atoms with Crippen LogP contribution in [0.15, 0.2) is 30.3 Å². The topological polar surface area (TPSA) is 94.5 Å². The maximum atomic E-state index is 12.2. The van der Waals surface area contributed by atoms with E-state index in [9.17, 15) is 13.5 Å². The summed E-state index contributed by atoms with van der Waals surface area (Å²) >= 11 is 0. The average molecular weight is 494 g/mol. The van der Waals surface area contributed by atoms with Crippen LogP contribution in [0.2, 0.25) is 0 Å². The molecule has 1 aliphatic rings. The highest BCUT2D eigenvalue weighted by molar-refractivity contribution is 7.91. The van der Waals surface area contributed by atoms with Gasteiger partial charge in [-0.3, -0.25) is 4.90 Å². The van der Waals surface area contributed by atoms with Crippen molar-refractivity contribution in [3.63, 3.8) is 0 Å². The van der Waals surface area contributed by atoms with Crippen molar-refractivity contribution in [2.75, 3.05) is 46.0 Å². The third-order valence-electron chi connectivity index (χ3n) is 6.04. The smallest absolute Gasteiger partial charge is 0.203 e. The minimum absolute atomic E-state index is 0.0715. The fourth-order valence-electron chi connectivity index (χ4n) is 4.34.